The van der Waals surface area contributed by atoms with E-state index >= 15 is 0 Å². The summed E-state index contributed by atoms with van der Waals surface area (Å²) in [5.41, 5.74) is 0. The van der Waals surface area contributed by atoms with Gasteiger partial charge in [0.25, 0.3) is 0 Å². The Balaban J connectivity index is 4.20. The van der Waals surface area contributed by atoms with Crippen molar-refractivity contribution in [3.8, 4) is 0 Å². The Kier molecular flexibility index (Phi) is 43.3. The predicted octanol–water partition coefficient (Wildman–Crippen LogP) is 13.3. The molecule has 0 bridgehead atoms. The maximum absolute atomic E-state index is 12.7. The van der Waals surface area contributed by atoms with Gasteiger partial charge in [-0.1, -0.05) is 199 Å². The number of aliphatic hydroxyl groups excluding tert-OH is 2. The number of esters is 2. The fraction of sp³-hybridized carbons (Fsp3) is 0.875. The highest BCUT2D eigenvalue weighted by molar-refractivity contribution is 7.47. The number of hydrogen-bond acceptors (Lipinski definition) is 9. The second-order valence-corrected chi connectivity index (χ2v) is 17.9. The van der Waals surface area contributed by atoms with Crippen molar-refractivity contribution in [2.75, 3.05) is 26.4 Å². The van der Waals surface area contributed by atoms with Crippen LogP contribution in [0.5, 0.6) is 0 Å². The van der Waals surface area contributed by atoms with Crippen LogP contribution in [0.15, 0.2) is 24.3 Å². The first-order chi connectivity index (χ1) is 28.7. The summed E-state index contributed by atoms with van der Waals surface area (Å²) in [5.74, 6) is -0.918. The van der Waals surface area contributed by atoms with Crippen molar-refractivity contribution in [2.24, 2.45) is 0 Å². The van der Waals surface area contributed by atoms with E-state index in [1.165, 1.54) is 141 Å². The van der Waals surface area contributed by atoms with E-state index in [1.807, 2.05) is 0 Å². The molecule has 0 saturated heterocycles. The van der Waals surface area contributed by atoms with Crippen molar-refractivity contribution < 1.29 is 47.8 Å². The number of ether oxygens (including phenoxy) is 2. The lowest BCUT2D eigenvalue weighted by molar-refractivity contribution is -0.161. The maximum atomic E-state index is 12.7. The highest BCUT2D eigenvalue weighted by Crippen LogP contribution is 2.43. The first-order valence-electron chi connectivity index (χ1n) is 24.3. The minimum absolute atomic E-state index is 0.182. The third kappa shape index (κ3) is 44.3. The van der Waals surface area contributed by atoms with Gasteiger partial charge in [0.2, 0.25) is 0 Å². The lowest BCUT2D eigenvalue weighted by Crippen LogP contribution is -2.29. The maximum Gasteiger partial charge on any atom is 0.472 e. The topological polar surface area (TPSA) is 149 Å². The molecule has 0 radical (unpaired) electrons. The molecule has 0 rings (SSSR count). The Morgan fingerprint density at radius 1 is 0.508 bits per heavy atom. The summed E-state index contributed by atoms with van der Waals surface area (Å²) >= 11 is 0. The van der Waals surface area contributed by atoms with Crippen LogP contribution in [0.25, 0.3) is 0 Å². The quantitative estimate of drug-likeness (QED) is 0.0234. The van der Waals surface area contributed by atoms with E-state index < -0.39 is 51.8 Å². The molecule has 0 fully saturated rings. The van der Waals surface area contributed by atoms with E-state index in [4.69, 9.17) is 23.6 Å². The molecule has 0 amide bonds. The lowest BCUT2D eigenvalue weighted by Gasteiger charge is -2.20. The van der Waals surface area contributed by atoms with Gasteiger partial charge in [-0.2, -0.15) is 0 Å². The molecule has 0 aliphatic carbocycles. The third-order valence-corrected chi connectivity index (χ3v) is 11.6. The van der Waals surface area contributed by atoms with Crippen molar-refractivity contribution >= 4 is 19.8 Å². The highest BCUT2D eigenvalue weighted by atomic mass is 31.2. The van der Waals surface area contributed by atoms with Crippen LogP contribution in [0.1, 0.15) is 232 Å². The second kappa shape index (κ2) is 44.5. The van der Waals surface area contributed by atoms with E-state index in [-0.39, 0.29) is 19.4 Å². The molecule has 348 valence electrons. The summed E-state index contributed by atoms with van der Waals surface area (Å²) in [5, 5.41) is 18.4. The minimum atomic E-state index is -4.62. The van der Waals surface area contributed by atoms with Gasteiger partial charge in [-0.25, -0.2) is 4.57 Å². The van der Waals surface area contributed by atoms with Crippen LogP contribution >= 0.6 is 7.82 Å². The fourth-order valence-corrected chi connectivity index (χ4v) is 7.64. The first-order valence-corrected chi connectivity index (χ1v) is 25.8. The number of aliphatic hydroxyl groups is 2. The molecule has 0 saturated carbocycles. The zero-order valence-electron chi connectivity index (χ0n) is 38.0. The summed E-state index contributed by atoms with van der Waals surface area (Å²) in [7, 11) is -4.62. The van der Waals surface area contributed by atoms with Gasteiger partial charge in [0.15, 0.2) is 6.10 Å². The average Bonchev–Trinajstić information content (AvgIpc) is 3.22. The molecular formula is C48H91O10P. The molecule has 11 heteroatoms. The summed E-state index contributed by atoms with van der Waals surface area (Å²) in [6.07, 6.45) is 45.6. The van der Waals surface area contributed by atoms with Crippen LogP contribution in [-0.2, 0) is 32.7 Å². The Bertz CT molecular complexity index is 1040. The lowest BCUT2D eigenvalue weighted by atomic mass is 10.0. The van der Waals surface area contributed by atoms with E-state index in [2.05, 4.69) is 38.2 Å². The number of rotatable bonds is 46. The molecule has 0 aromatic carbocycles. The number of allylic oxidation sites excluding steroid dienone is 4. The van der Waals surface area contributed by atoms with Crippen LogP contribution < -0.4 is 0 Å². The van der Waals surface area contributed by atoms with E-state index in [9.17, 15) is 24.2 Å². The molecule has 0 heterocycles. The molecule has 0 aromatic rings. The molecule has 59 heavy (non-hydrogen) atoms. The van der Waals surface area contributed by atoms with Crippen LogP contribution in [0.3, 0.4) is 0 Å². The molecular weight excluding hydrogens is 767 g/mol. The van der Waals surface area contributed by atoms with Gasteiger partial charge < -0.3 is 24.6 Å². The zero-order chi connectivity index (χ0) is 43.3. The first kappa shape index (κ1) is 57.4. The standard InChI is InChI=1S/C48H91O10P/c1-3-5-7-9-11-13-15-17-19-21-22-24-26-28-30-32-34-36-38-40-48(52)58-46(44-57-59(53,54)56-42-45(50)41-49)43-55-47(51)39-37-35-33-31-29-27-25-23-20-18-16-14-12-10-8-6-4-2/h11,13,17,19,45-46,49-50H,3-10,12,14-16,18,20-44H2,1-2H3,(H,53,54)/b13-11-,19-17-. The monoisotopic (exact) mass is 859 g/mol. The summed E-state index contributed by atoms with van der Waals surface area (Å²) in [4.78, 5) is 35.1. The molecule has 0 aliphatic heterocycles. The van der Waals surface area contributed by atoms with Gasteiger partial charge in [0.1, 0.15) is 12.7 Å². The molecule has 3 atom stereocenters. The zero-order valence-corrected chi connectivity index (χ0v) is 38.9. The molecule has 10 nitrogen and oxygen atoms in total. The highest BCUT2D eigenvalue weighted by Gasteiger charge is 2.27. The fourth-order valence-electron chi connectivity index (χ4n) is 6.85. The van der Waals surface area contributed by atoms with Crippen LogP contribution in [-0.4, -0.2) is 65.7 Å². The van der Waals surface area contributed by atoms with Crippen molar-refractivity contribution in [3.05, 3.63) is 24.3 Å². The van der Waals surface area contributed by atoms with Crippen LogP contribution in [0, 0.1) is 0 Å². The van der Waals surface area contributed by atoms with Gasteiger partial charge in [0.05, 0.1) is 19.8 Å². The minimum Gasteiger partial charge on any atom is -0.462 e. The summed E-state index contributed by atoms with van der Waals surface area (Å²) in [6.45, 7) is 2.39. The number of unbranched alkanes of at least 4 members (excludes halogenated alkanes) is 28. The summed E-state index contributed by atoms with van der Waals surface area (Å²) in [6, 6.07) is 0. The number of phosphoric acid groups is 1. The Morgan fingerprint density at radius 3 is 1.34 bits per heavy atom. The Labute approximate surface area is 361 Å². The van der Waals surface area contributed by atoms with Crippen molar-refractivity contribution in [1.82, 2.24) is 0 Å². The molecule has 3 N–H and O–H groups in total. The van der Waals surface area contributed by atoms with Gasteiger partial charge >= 0.3 is 19.8 Å². The molecule has 0 spiro atoms. The van der Waals surface area contributed by atoms with Gasteiger partial charge in [-0.15, -0.1) is 0 Å². The molecule has 0 aliphatic rings. The van der Waals surface area contributed by atoms with Gasteiger partial charge in [-0.3, -0.25) is 18.6 Å². The van der Waals surface area contributed by atoms with E-state index in [0.717, 1.165) is 51.4 Å². The van der Waals surface area contributed by atoms with Crippen LogP contribution in [0.4, 0.5) is 0 Å². The summed E-state index contributed by atoms with van der Waals surface area (Å²) < 4.78 is 32.8. The van der Waals surface area contributed by atoms with Crippen LogP contribution in [0.2, 0.25) is 0 Å². The Morgan fingerprint density at radius 2 is 0.881 bits per heavy atom. The predicted molar refractivity (Wildman–Crippen MR) is 242 cm³/mol. The Hall–Kier alpha value is -1.55. The van der Waals surface area contributed by atoms with Gasteiger partial charge in [-0.05, 0) is 44.9 Å². The number of carbonyl (C=O) groups excluding carboxylic acids is 2. The normalized spacial score (nSPS) is 13.9. The van der Waals surface area contributed by atoms with Crippen molar-refractivity contribution in [1.29, 1.82) is 0 Å². The van der Waals surface area contributed by atoms with E-state index in [0.29, 0.717) is 12.8 Å². The SMILES string of the molecule is CCCCC/C=C\C/C=C\CCCCCCCCCCCC(=O)OC(COC(=O)CCCCCCCCCCCCCCCCCCC)COP(=O)(O)OCC(O)CO. The molecule has 0 aromatic heterocycles. The number of hydrogen-bond donors (Lipinski definition) is 3. The number of carbonyl (C=O) groups is 2. The average molecular weight is 859 g/mol. The second-order valence-electron chi connectivity index (χ2n) is 16.5. The third-order valence-electron chi connectivity index (χ3n) is 10.6. The molecule has 3 unspecified atom stereocenters. The van der Waals surface area contributed by atoms with Gasteiger partial charge in [0, 0.05) is 12.8 Å². The number of phosphoric ester groups is 1. The smallest absolute Gasteiger partial charge is 0.462 e. The largest absolute Gasteiger partial charge is 0.472 e. The van der Waals surface area contributed by atoms with Crippen molar-refractivity contribution in [2.45, 2.75) is 244 Å². The van der Waals surface area contributed by atoms with E-state index in [1.54, 1.807) is 0 Å². The van der Waals surface area contributed by atoms with Crippen molar-refractivity contribution in [3.63, 3.8) is 0 Å².